The van der Waals surface area contributed by atoms with E-state index in [1.54, 1.807) is 11.3 Å². The van der Waals surface area contributed by atoms with Crippen molar-refractivity contribution >= 4 is 33.0 Å². The Morgan fingerprint density at radius 2 is 2.40 bits per heavy atom. The van der Waals surface area contributed by atoms with Gasteiger partial charge in [-0.15, -0.1) is 11.3 Å². The molecule has 2 nitrogen and oxygen atoms in total. The monoisotopic (exact) mass is 287 g/mol. The number of hydrogen-bond acceptors (Lipinski definition) is 3. The van der Waals surface area contributed by atoms with Crippen molar-refractivity contribution in [3.63, 3.8) is 0 Å². The van der Waals surface area contributed by atoms with E-state index in [1.807, 2.05) is 11.4 Å². The van der Waals surface area contributed by atoms with Gasteiger partial charge in [-0.1, -0.05) is 0 Å². The second-order valence-corrected chi connectivity index (χ2v) is 5.74. The first-order valence-corrected chi connectivity index (χ1v) is 6.90. The smallest absolute Gasteiger partial charge is 0.139 e. The molecule has 0 atom stereocenters. The highest BCUT2D eigenvalue weighted by Crippen LogP contribution is 2.23. The van der Waals surface area contributed by atoms with Gasteiger partial charge in [-0.3, -0.25) is 4.79 Å². The number of thiophene rings is 1. The number of carbonyl (C=O) groups excluding carboxylic acids is 1. The minimum absolute atomic E-state index is 0.325. The van der Waals surface area contributed by atoms with Crippen molar-refractivity contribution in [3.8, 4) is 0 Å². The average Bonchev–Trinajstić information content (AvgIpc) is 2.93. The number of halogens is 1. The molecule has 2 rings (SSSR count). The molecule has 1 aromatic rings. The molecule has 1 heterocycles. The van der Waals surface area contributed by atoms with Crippen molar-refractivity contribution in [3.05, 3.63) is 20.8 Å². The van der Waals surface area contributed by atoms with Gasteiger partial charge < -0.3 is 5.32 Å². The fourth-order valence-electron chi connectivity index (χ4n) is 1.42. The third kappa shape index (κ3) is 3.70. The van der Waals surface area contributed by atoms with Crippen molar-refractivity contribution in [2.24, 2.45) is 0 Å². The van der Waals surface area contributed by atoms with Gasteiger partial charge in [-0.05, 0) is 40.2 Å². The van der Waals surface area contributed by atoms with Crippen LogP contribution in [0.25, 0.3) is 0 Å². The molecule has 0 aromatic carbocycles. The normalized spacial score (nSPS) is 15.5. The van der Waals surface area contributed by atoms with Gasteiger partial charge in [0.2, 0.25) is 0 Å². The zero-order valence-electron chi connectivity index (χ0n) is 8.46. The highest BCUT2D eigenvalue weighted by molar-refractivity contribution is 9.10. The lowest BCUT2D eigenvalue weighted by molar-refractivity contribution is -0.118. The summed E-state index contributed by atoms with van der Waals surface area (Å²) in [5, 5.41) is 5.36. The summed E-state index contributed by atoms with van der Waals surface area (Å²) < 4.78 is 1.07. The molecule has 0 bridgehead atoms. The lowest BCUT2D eigenvalue weighted by Crippen LogP contribution is -2.20. The van der Waals surface area contributed by atoms with Gasteiger partial charge in [0, 0.05) is 34.8 Å². The zero-order valence-corrected chi connectivity index (χ0v) is 10.9. The third-order valence-electron chi connectivity index (χ3n) is 2.46. The summed E-state index contributed by atoms with van der Waals surface area (Å²) in [6.07, 6.45) is 3.79. The van der Waals surface area contributed by atoms with Gasteiger partial charge in [0.05, 0.1) is 0 Å². The van der Waals surface area contributed by atoms with Crippen molar-refractivity contribution in [2.75, 3.05) is 6.54 Å². The number of carbonyl (C=O) groups is 1. The second kappa shape index (κ2) is 5.23. The van der Waals surface area contributed by atoms with Gasteiger partial charge in [-0.25, -0.2) is 0 Å². The van der Waals surface area contributed by atoms with Gasteiger partial charge >= 0.3 is 0 Å². The summed E-state index contributed by atoms with van der Waals surface area (Å²) in [5.41, 5.74) is 0. The second-order valence-electron chi connectivity index (χ2n) is 3.89. The Bertz CT molecular complexity index is 346. The molecule has 0 radical (unpaired) electrons. The summed E-state index contributed by atoms with van der Waals surface area (Å²) in [4.78, 5) is 12.8. The minimum Gasteiger partial charge on any atom is -0.314 e. The maximum Gasteiger partial charge on any atom is 0.139 e. The van der Waals surface area contributed by atoms with E-state index in [4.69, 9.17) is 0 Å². The van der Waals surface area contributed by atoms with Crippen LogP contribution >= 0.6 is 27.3 Å². The number of nitrogens with one attached hydrogen (secondary N) is 1. The number of Topliss-reactive ketones (excluding diaryl/α,β-unsaturated/α-hetero) is 1. The summed E-state index contributed by atoms with van der Waals surface area (Å²) in [6.45, 7) is 0.840. The number of hydrogen-bond donors (Lipinski definition) is 1. The van der Waals surface area contributed by atoms with E-state index in [9.17, 15) is 4.79 Å². The quantitative estimate of drug-likeness (QED) is 0.872. The lowest BCUT2D eigenvalue weighted by atomic mass is 10.2. The Labute approximate surface area is 102 Å². The molecule has 0 amide bonds. The highest BCUT2D eigenvalue weighted by atomic mass is 79.9. The van der Waals surface area contributed by atoms with Crippen LogP contribution in [0, 0.1) is 0 Å². The topological polar surface area (TPSA) is 29.1 Å². The molecule has 15 heavy (non-hydrogen) atoms. The van der Waals surface area contributed by atoms with E-state index >= 15 is 0 Å². The van der Waals surface area contributed by atoms with Gasteiger partial charge in [0.1, 0.15) is 5.78 Å². The van der Waals surface area contributed by atoms with Crippen molar-refractivity contribution < 1.29 is 4.79 Å². The van der Waals surface area contributed by atoms with E-state index in [2.05, 4.69) is 21.2 Å². The molecule has 1 N–H and O–H groups in total. The lowest BCUT2D eigenvalue weighted by Gasteiger charge is -2.01. The molecule has 0 unspecified atom stereocenters. The summed E-state index contributed by atoms with van der Waals surface area (Å²) in [7, 11) is 0. The Hall–Kier alpha value is -0.190. The summed E-state index contributed by atoms with van der Waals surface area (Å²) in [6, 6.07) is 2.70. The average molecular weight is 288 g/mol. The Balaban J connectivity index is 1.69. The third-order valence-corrected chi connectivity index (χ3v) is 4.39. The van der Waals surface area contributed by atoms with Crippen LogP contribution in [-0.4, -0.2) is 18.4 Å². The molecule has 82 valence electrons. The Morgan fingerprint density at radius 3 is 3.00 bits per heavy atom. The SMILES string of the molecule is O=C(CCNC1CC1)Cc1sccc1Br. The van der Waals surface area contributed by atoms with Crippen LogP contribution < -0.4 is 5.32 Å². The van der Waals surface area contributed by atoms with Gasteiger partial charge in [0.15, 0.2) is 0 Å². The maximum absolute atomic E-state index is 11.6. The highest BCUT2D eigenvalue weighted by Gasteiger charge is 2.20. The molecule has 1 fully saturated rings. The molecular formula is C11H14BrNOS. The first kappa shape index (κ1) is 11.3. The van der Waals surface area contributed by atoms with Crippen molar-refractivity contribution in [1.82, 2.24) is 5.32 Å². The molecular weight excluding hydrogens is 274 g/mol. The van der Waals surface area contributed by atoms with Crippen LogP contribution in [0.1, 0.15) is 24.1 Å². The van der Waals surface area contributed by atoms with E-state index in [1.165, 1.54) is 12.8 Å². The molecule has 0 saturated heterocycles. The minimum atomic E-state index is 0.325. The Morgan fingerprint density at radius 1 is 1.60 bits per heavy atom. The Kier molecular flexibility index (Phi) is 3.94. The van der Waals surface area contributed by atoms with Crippen LogP contribution in [0.2, 0.25) is 0 Å². The standard InChI is InChI=1S/C11H14BrNOS/c12-10-4-6-15-11(10)7-9(14)3-5-13-8-1-2-8/h4,6,8,13H,1-3,5,7H2. The maximum atomic E-state index is 11.6. The fourth-order valence-corrected chi connectivity index (χ4v) is 2.94. The van der Waals surface area contributed by atoms with E-state index in [0.29, 0.717) is 24.7 Å². The molecule has 1 aliphatic carbocycles. The molecule has 1 aliphatic rings. The van der Waals surface area contributed by atoms with Crippen LogP contribution in [-0.2, 0) is 11.2 Å². The largest absolute Gasteiger partial charge is 0.314 e. The first-order chi connectivity index (χ1) is 7.25. The van der Waals surface area contributed by atoms with E-state index in [-0.39, 0.29) is 0 Å². The van der Waals surface area contributed by atoms with Gasteiger partial charge in [0.25, 0.3) is 0 Å². The first-order valence-electron chi connectivity index (χ1n) is 5.22. The predicted molar refractivity (Wildman–Crippen MR) is 66.4 cm³/mol. The predicted octanol–water partition coefficient (Wildman–Crippen LogP) is 2.76. The van der Waals surface area contributed by atoms with Crippen LogP contribution in [0.5, 0.6) is 0 Å². The fraction of sp³-hybridized carbons (Fsp3) is 0.545. The van der Waals surface area contributed by atoms with Crippen molar-refractivity contribution in [1.29, 1.82) is 0 Å². The number of rotatable bonds is 6. The van der Waals surface area contributed by atoms with Crippen LogP contribution in [0.4, 0.5) is 0 Å². The van der Waals surface area contributed by atoms with E-state index in [0.717, 1.165) is 15.9 Å². The van der Waals surface area contributed by atoms with Crippen LogP contribution in [0.15, 0.2) is 15.9 Å². The van der Waals surface area contributed by atoms with Crippen molar-refractivity contribution in [2.45, 2.75) is 31.7 Å². The summed E-state index contributed by atoms with van der Waals surface area (Å²) >= 11 is 5.08. The van der Waals surface area contributed by atoms with Crippen LogP contribution in [0.3, 0.4) is 0 Å². The zero-order chi connectivity index (χ0) is 10.7. The molecule has 4 heteroatoms. The van der Waals surface area contributed by atoms with E-state index < -0.39 is 0 Å². The molecule has 0 aliphatic heterocycles. The molecule has 0 spiro atoms. The van der Waals surface area contributed by atoms with Gasteiger partial charge in [-0.2, -0.15) is 0 Å². The number of ketones is 1. The summed E-state index contributed by atoms with van der Waals surface area (Å²) in [5.74, 6) is 0.325. The molecule has 1 saturated carbocycles. The molecule has 1 aromatic heterocycles.